The lowest BCUT2D eigenvalue weighted by Gasteiger charge is -2.10. The fourth-order valence-electron chi connectivity index (χ4n) is 2.80. The van der Waals surface area contributed by atoms with Crippen LogP contribution >= 0.6 is 0 Å². The molecule has 0 bridgehead atoms. The van der Waals surface area contributed by atoms with E-state index in [2.05, 4.69) is 15.6 Å². The maximum atomic E-state index is 12.5. The molecule has 1 aliphatic rings. The van der Waals surface area contributed by atoms with Crippen LogP contribution in [-0.4, -0.2) is 30.8 Å². The van der Waals surface area contributed by atoms with Gasteiger partial charge in [-0.05, 0) is 36.4 Å². The number of esters is 1. The average molecular weight is 391 g/mol. The lowest BCUT2D eigenvalue weighted by atomic mass is 10.1. The van der Waals surface area contributed by atoms with Crippen molar-refractivity contribution in [2.75, 3.05) is 24.5 Å². The Morgan fingerprint density at radius 1 is 1.03 bits per heavy atom. The minimum Gasteiger partial charge on any atom is -0.465 e. The molecule has 0 aliphatic carbocycles. The Bertz CT molecular complexity index is 1070. The normalized spacial score (nSPS) is 11.6. The number of carbonyl (C=O) groups excluding carboxylic acids is 2. The van der Waals surface area contributed by atoms with Crippen molar-refractivity contribution in [1.29, 1.82) is 0 Å². The highest BCUT2D eigenvalue weighted by molar-refractivity contribution is 6.07. The molecule has 4 rings (SSSR count). The molecule has 8 nitrogen and oxygen atoms in total. The summed E-state index contributed by atoms with van der Waals surface area (Å²) in [5.41, 5.74) is 1.77. The lowest BCUT2D eigenvalue weighted by molar-refractivity contribution is 0.0602. The van der Waals surface area contributed by atoms with Gasteiger partial charge >= 0.3 is 5.97 Å². The number of aromatic nitrogens is 1. The Balaban J connectivity index is 1.45. The predicted octanol–water partition coefficient (Wildman–Crippen LogP) is 3.59. The molecule has 3 aromatic rings. The first-order valence-corrected chi connectivity index (χ1v) is 8.75. The molecule has 146 valence electrons. The van der Waals surface area contributed by atoms with Gasteiger partial charge in [0.2, 0.25) is 6.79 Å². The van der Waals surface area contributed by atoms with Crippen molar-refractivity contribution in [3.05, 3.63) is 71.9 Å². The van der Waals surface area contributed by atoms with Crippen LogP contribution in [0.25, 0.3) is 0 Å². The Hall–Kier alpha value is -4.07. The van der Waals surface area contributed by atoms with Crippen LogP contribution < -0.4 is 20.1 Å². The molecule has 1 amide bonds. The van der Waals surface area contributed by atoms with Crippen molar-refractivity contribution in [1.82, 2.24) is 4.98 Å². The van der Waals surface area contributed by atoms with Gasteiger partial charge in [0, 0.05) is 18.0 Å². The van der Waals surface area contributed by atoms with Gasteiger partial charge in [0.15, 0.2) is 11.5 Å². The van der Waals surface area contributed by atoms with Crippen LogP contribution in [0.1, 0.15) is 20.7 Å². The molecule has 0 atom stereocenters. The molecule has 0 unspecified atom stereocenters. The van der Waals surface area contributed by atoms with E-state index in [0.717, 1.165) is 5.69 Å². The number of para-hydroxylation sites is 1. The van der Waals surface area contributed by atoms with Crippen molar-refractivity contribution < 1.29 is 23.8 Å². The van der Waals surface area contributed by atoms with E-state index in [4.69, 9.17) is 14.2 Å². The van der Waals surface area contributed by atoms with E-state index >= 15 is 0 Å². The highest BCUT2D eigenvalue weighted by Crippen LogP contribution is 2.34. The number of pyridine rings is 1. The van der Waals surface area contributed by atoms with Gasteiger partial charge in [-0.1, -0.05) is 12.1 Å². The summed E-state index contributed by atoms with van der Waals surface area (Å²) in [4.78, 5) is 28.6. The van der Waals surface area contributed by atoms with Crippen LogP contribution in [0.3, 0.4) is 0 Å². The average Bonchev–Trinajstić information content (AvgIpc) is 3.22. The molecule has 8 heteroatoms. The van der Waals surface area contributed by atoms with Gasteiger partial charge in [0.1, 0.15) is 5.82 Å². The number of carbonyl (C=O) groups is 2. The van der Waals surface area contributed by atoms with Crippen molar-refractivity contribution in [3.8, 4) is 11.5 Å². The quantitative estimate of drug-likeness (QED) is 0.641. The maximum absolute atomic E-state index is 12.5. The first-order chi connectivity index (χ1) is 14.1. The lowest BCUT2D eigenvalue weighted by Crippen LogP contribution is -2.15. The first-order valence-electron chi connectivity index (χ1n) is 8.75. The summed E-state index contributed by atoms with van der Waals surface area (Å²) in [6.45, 7) is 0.208. The number of anilines is 3. The second-order valence-corrected chi connectivity index (χ2v) is 6.12. The standard InChI is InChI=1S/C21H17N3O5/c1-27-21(26)15-4-2-3-5-16(15)24-20(25)13-6-9-19(22-11-13)23-14-7-8-17-18(10-14)29-12-28-17/h2-11H,12H2,1H3,(H,22,23)(H,24,25). The summed E-state index contributed by atoms with van der Waals surface area (Å²) in [5.74, 6) is 1.01. The van der Waals surface area contributed by atoms with Gasteiger partial charge in [-0.25, -0.2) is 9.78 Å². The second-order valence-electron chi connectivity index (χ2n) is 6.12. The fraction of sp³-hybridized carbons (Fsp3) is 0.0952. The van der Waals surface area contributed by atoms with Crippen LogP contribution in [0.5, 0.6) is 11.5 Å². The van der Waals surface area contributed by atoms with Gasteiger partial charge in [-0.15, -0.1) is 0 Å². The van der Waals surface area contributed by atoms with E-state index < -0.39 is 5.97 Å². The van der Waals surface area contributed by atoms with Crippen LogP contribution in [0.2, 0.25) is 0 Å². The number of rotatable bonds is 5. The number of methoxy groups -OCH3 is 1. The number of fused-ring (bicyclic) bond motifs is 1. The molecule has 29 heavy (non-hydrogen) atoms. The molecule has 2 N–H and O–H groups in total. The van der Waals surface area contributed by atoms with E-state index in [1.807, 2.05) is 18.2 Å². The number of hydrogen-bond donors (Lipinski definition) is 2. The summed E-state index contributed by atoms with van der Waals surface area (Å²) in [7, 11) is 1.29. The van der Waals surface area contributed by atoms with Gasteiger partial charge < -0.3 is 24.8 Å². The molecule has 0 spiro atoms. The number of nitrogens with zero attached hydrogens (tertiary/aromatic N) is 1. The van der Waals surface area contributed by atoms with E-state index in [-0.39, 0.29) is 18.3 Å². The number of nitrogens with one attached hydrogen (secondary N) is 2. The number of amides is 1. The third-order valence-corrected chi connectivity index (χ3v) is 4.25. The predicted molar refractivity (Wildman–Crippen MR) is 106 cm³/mol. The summed E-state index contributed by atoms with van der Waals surface area (Å²) in [5, 5.41) is 5.85. The molecule has 0 saturated carbocycles. The first kappa shape index (κ1) is 18.3. The van der Waals surface area contributed by atoms with Crippen LogP contribution in [0.15, 0.2) is 60.8 Å². The largest absolute Gasteiger partial charge is 0.465 e. The number of benzene rings is 2. The zero-order valence-corrected chi connectivity index (χ0v) is 15.5. The summed E-state index contributed by atoms with van der Waals surface area (Å²) < 4.78 is 15.4. The monoisotopic (exact) mass is 391 g/mol. The van der Waals surface area contributed by atoms with Crippen LogP contribution in [0.4, 0.5) is 17.2 Å². The van der Waals surface area contributed by atoms with E-state index in [1.165, 1.54) is 13.3 Å². The van der Waals surface area contributed by atoms with Crippen molar-refractivity contribution >= 4 is 29.1 Å². The number of ether oxygens (including phenoxy) is 3. The second kappa shape index (κ2) is 7.89. The summed E-state index contributed by atoms with van der Waals surface area (Å²) in [6.07, 6.45) is 1.45. The minimum absolute atomic E-state index is 0.208. The highest BCUT2D eigenvalue weighted by atomic mass is 16.7. The molecule has 0 fully saturated rings. The van der Waals surface area contributed by atoms with Crippen molar-refractivity contribution in [3.63, 3.8) is 0 Å². The van der Waals surface area contributed by atoms with Crippen molar-refractivity contribution in [2.24, 2.45) is 0 Å². The van der Waals surface area contributed by atoms with Crippen LogP contribution in [-0.2, 0) is 4.74 Å². The number of hydrogen-bond acceptors (Lipinski definition) is 7. The zero-order valence-electron chi connectivity index (χ0n) is 15.5. The summed E-state index contributed by atoms with van der Waals surface area (Å²) >= 11 is 0. The van der Waals surface area contributed by atoms with E-state index in [0.29, 0.717) is 28.6 Å². The molecule has 0 saturated heterocycles. The summed E-state index contributed by atoms with van der Waals surface area (Å²) in [6, 6.07) is 15.4. The Morgan fingerprint density at radius 3 is 2.66 bits per heavy atom. The van der Waals surface area contributed by atoms with Gasteiger partial charge in [-0.2, -0.15) is 0 Å². The molecule has 2 heterocycles. The topological polar surface area (TPSA) is 98.8 Å². The van der Waals surface area contributed by atoms with Gasteiger partial charge in [0.05, 0.1) is 23.9 Å². The third-order valence-electron chi connectivity index (χ3n) is 4.25. The molecule has 2 aromatic carbocycles. The molecule has 0 radical (unpaired) electrons. The zero-order chi connectivity index (χ0) is 20.2. The van der Waals surface area contributed by atoms with Gasteiger partial charge in [0.25, 0.3) is 5.91 Å². The molecular formula is C21H17N3O5. The Kier molecular flexibility index (Phi) is 4.98. The molecule has 1 aromatic heterocycles. The Labute approximate surface area is 166 Å². The Morgan fingerprint density at radius 2 is 1.86 bits per heavy atom. The van der Waals surface area contributed by atoms with E-state index in [9.17, 15) is 9.59 Å². The smallest absolute Gasteiger partial charge is 0.339 e. The molecule has 1 aliphatic heterocycles. The van der Waals surface area contributed by atoms with Crippen LogP contribution in [0, 0.1) is 0 Å². The maximum Gasteiger partial charge on any atom is 0.339 e. The molecular weight excluding hydrogens is 374 g/mol. The SMILES string of the molecule is COC(=O)c1ccccc1NC(=O)c1ccc(Nc2ccc3c(c2)OCO3)nc1. The fourth-order valence-corrected chi connectivity index (χ4v) is 2.80. The van der Waals surface area contributed by atoms with Gasteiger partial charge in [-0.3, -0.25) is 4.79 Å². The minimum atomic E-state index is -0.526. The highest BCUT2D eigenvalue weighted by Gasteiger charge is 2.15. The van der Waals surface area contributed by atoms with E-state index in [1.54, 1.807) is 36.4 Å². The van der Waals surface area contributed by atoms with Crippen molar-refractivity contribution in [2.45, 2.75) is 0 Å². The third kappa shape index (κ3) is 3.96.